The van der Waals surface area contributed by atoms with Crippen LogP contribution in [0, 0.1) is 0 Å². The van der Waals surface area contributed by atoms with Crippen molar-refractivity contribution in [2.75, 3.05) is 33.7 Å². The van der Waals surface area contributed by atoms with E-state index in [9.17, 15) is 9.90 Å². The molecule has 6 heteroatoms. The van der Waals surface area contributed by atoms with Gasteiger partial charge in [-0.25, -0.2) is 0 Å². The highest BCUT2D eigenvalue weighted by Crippen LogP contribution is 2.29. The molecular formula is C13H18ClNO4. The van der Waals surface area contributed by atoms with Crippen molar-refractivity contribution in [1.82, 2.24) is 4.90 Å². The van der Waals surface area contributed by atoms with Crippen molar-refractivity contribution in [3.05, 3.63) is 23.8 Å². The van der Waals surface area contributed by atoms with Crippen molar-refractivity contribution in [2.45, 2.75) is 6.10 Å². The van der Waals surface area contributed by atoms with Gasteiger partial charge in [0.1, 0.15) is 23.5 Å². The normalized spacial score (nSPS) is 11.8. The van der Waals surface area contributed by atoms with Gasteiger partial charge >= 0.3 is 0 Å². The highest BCUT2D eigenvalue weighted by Gasteiger charge is 2.18. The van der Waals surface area contributed by atoms with E-state index >= 15 is 0 Å². The van der Waals surface area contributed by atoms with Crippen LogP contribution in [-0.2, 0) is 4.79 Å². The quantitative estimate of drug-likeness (QED) is 0.804. The van der Waals surface area contributed by atoms with Crippen molar-refractivity contribution in [2.24, 2.45) is 0 Å². The number of carbonyl (C=O) groups excluding carboxylic acids is 1. The highest BCUT2D eigenvalue weighted by atomic mass is 35.5. The largest absolute Gasteiger partial charge is 0.497 e. The number of alkyl halides is 1. The molecule has 1 aromatic rings. The molecule has 1 N–H and O–H groups in total. The summed E-state index contributed by atoms with van der Waals surface area (Å²) in [6.07, 6.45) is -0.873. The molecule has 0 fully saturated rings. The number of rotatable bonds is 6. The van der Waals surface area contributed by atoms with Crippen LogP contribution in [0.2, 0.25) is 0 Å². The van der Waals surface area contributed by atoms with Gasteiger partial charge in [0.05, 0.1) is 20.8 Å². The molecule has 0 bridgehead atoms. The molecular weight excluding hydrogens is 270 g/mol. The van der Waals surface area contributed by atoms with E-state index in [1.165, 1.54) is 12.0 Å². The summed E-state index contributed by atoms with van der Waals surface area (Å²) in [6.45, 7) is 0.134. The molecule has 0 spiro atoms. The van der Waals surface area contributed by atoms with Crippen molar-refractivity contribution < 1.29 is 19.4 Å². The Morgan fingerprint density at radius 1 is 1.42 bits per heavy atom. The van der Waals surface area contributed by atoms with E-state index in [0.29, 0.717) is 17.1 Å². The standard InChI is InChI=1S/C13H18ClNO4/c1-15(13(17)7-14)8-11(16)10-6-9(18-2)4-5-12(10)19-3/h4-6,11,16H,7-8H2,1-3H3/t11-/m1/s1. The number of halogens is 1. The van der Waals surface area contributed by atoms with Crippen LogP contribution in [0.1, 0.15) is 11.7 Å². The summed E-state index contributed by atoms with van der Waals surface area (Å²) in [5, 5.41) is 10.2. The molecule has 0 aliphatic heterocycles. The van der Waals surface area contributed by atoms with Crippen molar-refractivity contribution in [1.29, 1.82) is 0 Å². The number of aliphatic hydroxyl groups excluding tert-OH is 1. The van der Waals surface area contributed by atoms with Gasteiger partial charge in [-0.2, -0.15) is 0 Å². The summed E-state index contributed by atoms with van der Waals surface area (Å²) in [5.41, 5.74) is 0.566. The molecule has 0 heterocycles. The summed E-state index contributed by atoms with van der Waals surface area (Å²) in [5.74, 6) is 0.794. The van der Waals surface area contributed by atoms with Gasteiger partial charge in [0, 0.05) is 12.6 Å². The molecule has 0 saturated heterocycles. The van der Waals surface area contributed by atoms with Crippen LogP contribution >= 0.6 is 11.6 Å². The van der Waals surface area contributed by atoms with Gasteiger partial charge < -0.3 is 19.5 Å². The van der Waals surface area contributed by atoms with Crippen LogP contribution in [-0.4, -0.2) is 49.6 Å². The van der Waals surface area contributed by atoms with Crippen LogP contribution in [0.4, 0.5) is 0 Å². The molecule has 1 atom stereocenters. The van der Waals surface area contributed by atoms with Gasteiger partial charge in [0.2, 0.25) is 5.91 Å². The highest BCUT2D eigenvalue weighted by molar-refractivity contribution is 6.27. The fourth-order valence-electron chi connectivity index (χ4n) is 1.66. The molecule has 1 amide bonds. The summed E-state index contributed by atoms with van der Waals surface area (Å²) >= 11 is 5.47. The van der Waals surface area contributed by atoms with Crippen LogP contribution in [0.3, 0.4) is 0 Å². The Labute approximate surface area is 117 Å². The topological polar surface area (TPSA) is 59.0 Å². The first kappa shape index (κ1) is 15.6. The van der Waals surface area contributed by atoms with Gasteiger partial charge in [-0.15, -0.1) is 11.6 Å². The van der Waals surface area contributed by atoms with Crippen molar-refractivity contribution in [3.63, 3.8) is 0 Å². The zero-order valence-electron chi connectivity index (χ0n) is 11.2. The number of hydrogen-bond acceptors (Lipinski definition) is 4. The molecule has 1 aromatic carbocycles. The zero-order valence-corrected chi connectivity index (χ0v) is 12.0. The Morgan fingerprint density at radius 3 is 2.63 bits per heavy atom. The first-order chi connectivity index (χ1) is 9.03. The number of amides is 1. The minimum atomic E-state index is -0.873. The maximum absolute atomic E-state index is 11.4. The van der Waals surface area contributed by atoms with E-state index in [-0.39, 0.29) is 18.3 Å². The molecule has 19 heavy (non-hydrogen) atoms. The summed E-state index contributed by atoms with van der Waals surface area (Å²) in [4.78, 5) is 12.8. The lowest BCUT2D eigenvalue weighted by Crippen LogP contribution is -2.32. The van der Waals surface area contributed by atoms with Crippen LogP contribution in [0.15, 0.2) is 18.2 Å². The van der Waals surface area contributed by atoms with Gasteiger partial charge in [-0.3, -0.25) is 4.79 Å². The monoisotopic (exact) mass is 287 g/mol. The molecule has 1 rings (SSSR count). The van der Waals surface area contributed by atoms with Crippen LogP contribution < -0.4 is 9.47 Å². The zero-order chi connectivity index (χ0) is 14.4. The molecule has 0 aromatic heterocycles. The summed E-state index contributed by atoms with van der Waals surface area (Å²) in [7, 11) is 4.65. The molecule has 106 valence electrons. The van der Waals surface area contributed by atoms with Gasteiger partial charge in [-0.05, 0) is 18.2 Å². The minimum Gasteiger partial charge on any atom is -0.497 e. The maximum Gasteiger partial charge on any atom is 0.237 e. The van der Waals surface area contributed by atoms with E-state index in [4.69, 9.17) is 21.1 Å². The third-order valence-corrected chi connectivity index (χ3v) is 3.01. The van der Waals surface area contributed by atoms with E-state index in [2.05, 4.69) is 0 Å². The predicted octanol–water partition coefficient (Wildman–Crippen LogP) is 1.43. The Bertz CT molecular complexity index is 439. The Hall–Kier alpha value is -1.46. The lowest BCUT2D eigenvalue weighted by Gasteiger charge is -2.22. The lowest BCUT2D eigenvalue weighted by atomic mass is 10.1. The Balaban J connectivity index is 2.91. The second-order valence-corrected chi connectivity index (χ2v) is 4.30. The number of methoxy groups -OCH3 is 2. The predicted molar refractivity (Wildman–Crippen MR) is 72.9 cm³/mol. The summed E-state index contributed by atoms with van der Waals surface area (Å²) in [6, 6.07) is 5.13. The maximum atomic E-state index is 11.4. The Morgan fingerprint density at radius 2 is 2.11 bits per heavy atom. The smallest absolute Gasteiger partial charge is 0.237 e. The number of aliphatic hydroxyl groups is 1. The third kappa shape index (κ3) is 4.01. The molecule has 0 aliphatic rings. The van der Waals surface area contributed by atoms with E-state index in [1.54, 1.807) is 32.4 Å². The van der Waals surface area contributed by atoms with Gasteiger partial charge in [-0.1, -0.05) is 0 Å². The van der Waals surface area contributed by atoms with Crippen LogP contribution in [0.5, 0.6) is 11.5 Å². The number of nitrogens with zero attached hydrogens (tertiary/aromatic N) is 1. The van der Waals surface area contributed by atoms with Crippen molar-refractivity contribution in [3.8, 4) is 11.5 Å². The number of likely N-dealkylation sites (N-methyl/N-ethyl adjacent to an activating group) is 1. The Kier molecular flexibility index (Phi) is 5.92. The third-order valence-electron chi connectivity index (χ3n) is 2.78. The lowest BCUT2D eigenvalue weighted by molar-refractivity contribution is -0.128. The molecule has 5 nitrogen and oxygen atoms in total. The number of carbonyl (C=O) groups is 1. The second kappa shape index (κ2) is 7.21. The fourth-order valence-corrected chi connectivity index (χ4v) is 1.87. The SMILES string of the molecule is COc1ccc(OC)c([C@H](O)CN(C)C(=O)CCl)c1. The van der Waals surface area contributed by atoms with Gasteiger partial charge in [0.25, 0.3) is 0 Å². The van der Waals surface area contributed by atoms with E-state index < -0.39 is 6.10 Å². The second-order valence-electron chi connectivity index (χ2n) is 4.03. The average molecular weight is 288 g/mol. The molecule has 0 aliphatic carbocycles. The first-order valence-corrected chi connectivity index (χ1v) is 6.26. The molecule has 0 saturated carbocycles. The van der Waals surface area contributed by atoms with Crippen LogP contribution in [0.25, 0.3) is 0 Å². The number of hydrogen-bond donors (Lipinski definition) is 1. The first-order valence-electron chi connectivity index (χ1n) is 5.73. The fraction of sp³-hybridized carbons (Fsp3) is 0.462. The summed E-state index contributed by atoms with van der Waals surface area (Å²) < 4.78 is 10.3. The van der Waals surface area contributed by atoms with Gasteiger partial charge in [0.15, 0.2) is 0 Å². The average Bonchev–Trinajstić information content (AvgIpc) is 2.45. The minimum absolute atomic E-state index is 0.113. The number of ether oxygens (including phenoxy) is 2. The van der Waals surface area contributed by atoms with E-state index in [0.717, 1.165) is 0 Å². The van der Waals surface area contributed by atoms with Crippen molar-refractivity contribution >= 4 is 17.5 Å². The van der Waals surface area contributed by atoms with E-state index in [1.807, 2.05) is 0 Å². The molecule has 0 radical (unpaired) electrons. The molecule has 0 unspecified atom stereocenters. The number of benzene rings is 1.